The maximum absolute atomic E-state index is 15.4. The van der Waals surface area contributed by atoms with E-state index in [1.807, 2.05) is 46.8 Å². The second kappa shape index (κ2) is 10.0. The fourth-order valence-corrected chi connectivity index (χ4v) is 6.28. The van der Waals surface area contributed by atoms with E-state index in [0.717, 1.165) is 51.1 Å². The van der Waals surface area contributed by atoms with Gasteiger partial charge in [-0.05, 0) is 66.9 Å². The first kappa shape index (κ1) is 24.2. The van der Waals surface area contributed by atoms with E-state index in [2.05, 4.69) is 26.3 Å². The zero-order chi connectivity index (χ0) is 26.3. The van der Waals surface area contributed by atoms with Crippen LogP contribution >= 0.6 is 11.3 Å². The number of pyridine rings is 1. The second-order valence-electron chi connectivity index (χ2n) is 10.4. The van der Waals surface area contributed by atoms with Crippen molar-refractivity contribution in [2.45, 2.75) is 25.3 Å². The molecule has 0 bridgehead atoms. The monoisotopic (exact) mass is 537 g/mol. The smallest absolute Gasteiger partial charge is 0.254 e. The molecule has 1 aliphatic carbocycles. The zero-order valence-corrected chi connectivity index (χ0v) is 22.3. The number of halogens is 1. The molecule has 0 radical (unpaired) electrons. The van der Waals surface area contributed by atoms with E-state index in [1.165, 1.54) is 25.3 Å². The Bertz CT molecular complexity index is 1690. The number of nitrogens with zero attached hydrogens (tertiary/aromatic N) is 4. The predicted octanol–water partition coefficient (Wildman–Crippen LogP) is 6.70. The maximum atomic E-state index is 15.4. The number of thiazole rings is 1. The van der Waals surface area contributed by atoms with Gasteiger partial charge in [-0.2, -0.15) is 0 Å². The summed E-state index contributed by atoms with van der Waals surface area (Å²) >= 11 is 1.61. The Morgan fingerprint density at radius 3 is 2.59 bits per heavy atom. The molecular weight excluding hydrogens is 509 g/mol. The van der Waals surface area contributed by atoms with Gasteiger partial charge in [0.1, 0.15) is 5.82 Å². The summed E-state index contributed by atoms with van der Waals surface area (Å²) < 4.78 is 16.6. The highest BCUT2D eigenvalue weighted by Gasteiger charge is 2.29. The van der Waals surface area contributed by atoms with Crippen LogP contribution in [-0.2, 0) is 0 Å². The van der Waals surface area contributed by atoms with Gasteiger partial charge in [-0.15, -0.1) is 11.3 Å². The molecule has 3 aromatic carbocycles. The number of fused-ring (bicyclic) bond motifs is 2. The topological polar surface area (TPSA) is 61.4 Å². The highest BCUT2D eigenvalue weighted by molar-refractivity contribution is 7.16. The zero-order valence-electron chi connectivity index (χ0n) is 21.4. The quantitative estimate of drug-likeness (QED) is 0.270. The minimum Gasteiger partial charge on any atom is -0.355 e. The predicted molar refractivity (Wildman–Crippen MR) is 155 cm³/mol. The van der Waals surface area contributed by atoms with Crippen LogP contribution < -0.4 is 5.32 Å². The molecular formula is C31H28FN5OS. The highest BCUT2D eigenvalue weighted by Crippen LogP contribution is 2.33. The lowest BCUT2D eigenvalue weighted by molar-refractivity contribution is 0.0455. The van der Waals surface area contributed by atoms with Gasteiger partial charge in [0.15, 0.2) is 0 Å². The van der Waals surface area contributed by atoms with Gasteiger partial charge in [-0.25, -0.2) is 9.37 Å². The van der Waals surface area contributed by atoms with Crippen molar-refractivity contribution in [3.05, 3.63) is 83.8 Å². The van der Waals surface area contributed by atoms with Gasteiger partial charge in [-0.1, -0.05) is 18.6 Å². The van der Waals surface area contributed by atoms with Crippen LogP contribution in [0.4, 0.5) is 15.8 Å². The third kappa shape index (κ3) is 4.64. The molecule has 39 heavy (non-hydrogen) atoms. The number of hydrogen-bond donors (Lipinski definition) is 1. The first-order valence-electron chi connectivity index (χ1n) is 13.4. The van der Waals surface area contributed by atoms with Gasteiger partial charge in [0.2, 0.25) is 0 Å². The fourth-order valence-electron chi connectivity index (χ4n) is 5.62. The molecule has 2 aliphatic rings. The molecule has 2 fully saturated rings. The van der Waals surface area contributed by atoms with Crippen molar-refractivity contribution in [1.29, 1.82) is 0 Å². The summed E-state index contributed by atoms with van der Waals surface area (Å²) in [5.74, 6) is -0.499. The fraction of sp³-hybridized carbons (Fsp3) is 0.258. The number of aromatic nitrogens is 2. The standard InChI is InChI=1S/C31H28FN5OS/c32-26-17-21(31(38)37-14-12-36(13-15-37)23-2-1-3-23)4-7-24(26)20-5-8-27-25(16-20)28(10-11-33-27)35-22-6-9-30-29(18-22)34-19-39-30/h4-11,16-19,23H,1-3,12-15H2,(H,33,35). The molecule has 0 atom stereocenters. The number of nitrogens with one attached hydrogen (secondary N) is 1. The van der Waals surface area contributed by atoms with Crippen LogP contribution in [0.15, 0.2) is 72.4 Å². The van der Waals surface area contributed by atoms with Crippen molar-refractivity contribution in [2.75, 3.05) is 31.5 Å². The summed E-state index contributed by atoms with van der Waals surface area (Å²) in [5.41, 5.74) is 6.99. The number of amides is 1. The summed E-state index contributed by atoms with van der Waals surface area (Å²) in [6.45, 7) is 3.19. The van der Waals surface area contributed by atoms with Crippen molar-refractivity contribution < 1.29 is 9.18 Å². The van der Waals surface area contributed by atoms with E-state index in [1.54, 1.807) is 29.7 Å². The van der Waals surface area contributed by atoms with E-state index < -0.39 is 5.82 Å². The largest absolute Gasteiger partial charge is 0.355 e. The Morgan fingerprint density at radius 1 is 0.923 bits per heavy atom. The summed E-state index contributed by atoms with van der Waals surface area (Å²) in [6, 6.07) is 19.3. The Morgan fingerprint density at radius 2 is 1.79 bits per heavy atom. The molecule has 1 N–H and O–H groups in total. The normalized spacial score (nSPS) is 16.5. The molecule has 1 amide bonds. The van der Waals surface area contributed by atoms with Crippen molar-refractivity contribution in [3.63, 3.8) is 0 Å². The van der Waals surface area contributed by atoms with Gasteiger partial charge >= 0.3 is 0 Å². The third-order valence-corrected chi connectivity index (χ3v) is 8.88. The van der Waals surface area contributed by atoms with Gasteiger partial charge in [0.25, 0.3) is 5.91 Å². The number of piperazine rings is 1. The molecule has 0 spiro atoms. The van der Waals surface area contributed by atoms with Crippen LogP contribution in [0.2, 0.25) is 0 Å². The van der Waals surface area contributed by atoms with Crippen LogP contribution in [0.25, 0.3) is 32.2 Å². The Kier molecular flexibility index (Phi) is 6.21. The van der Waals surface area contributed by atoms with Gasteiger partial charge in [0, 0.05) is 66.3 Å². The molecule has 7 rings (SSSR count). The van der Waals surface area contributed by atoms with E-state index in [0.29, 0.717) is 30.3 Å². The maximum Gasteiger partial charge on any atom is 0.254 e. The molecule has 6 nitrogen and oxygen atoms in total. The van der Waals surface area contributed by atoms with Crippen LogP contribution in [0, 0.1) is 5.82 Å². The first-order chi connectivity index (χ1) is 19.1. The molecule has 0 unspecified atom stereocenters. The van der Waals surface area contributed by atoms with Gasteiger partial charge < -0.3 is 10.2 Å². The Labute approximate surface area is 230 Å². The van der Waals surface area contributed by atoms with E-state index in [9.17, 15) is 4.79 Å². The summed E-state index contributed by atoms with van der Waals surface area (Å²) in [4.78, 5) is 26.4. The molecule has 2 aromatic heterocycles. The lowest BCUT2D eigenvalue weighted by Crippen LogP contribution is -2.53. The Balaban J connectivity index is 1.13. The summed E-state index contributed by atoms with van der Waals surface area (Å²) in [7, 11) is 0. The minimum atomic E-state index is -0.402. The third-order valence-electron chi connectivity index (χ3n) is 8.07. The van der Waals surface area contributed by atoms with Crippen molar-refractivity contribution >= 4 is 49.7 Å². The van der Waals surface area contributed by atoms with Crippen molar-refractivity contribution in [1.82, 2.24) is 19.8 Å². The van der Waals surface area contributed by atoms with Crippen molar-refractivity contribution in [3.8, 4) is 11.1 Å². The van der Waals surface area contributed by atoms with Crippen molar-refractivity contribution in [2.24, 2.45) is 0 Å². The average Bonchev–Trinajstić information content (AvgIpc) is 3.40. The highest BCUT2D eigenvalue weighted by atomic mass is 32.1. The molecule has 196 valence electrons. The first-order valence-corrected chi connectivity index (χ1v) is 14.3. The molecule has 1 aliphatic heterocycles. The van der Waals surface area contributed by atoms with Gasteiger partial charge in [0.05, 0.1) is 21.2 Å². The number of carbonyl (C=O) groups excluding carboxylic acids is 1. The molecule has 3 heterocycles. The number of benzene rings is 3. The molecule has 8 heteroatoms. The molecule has 1 saturated carbocycles. The summed E-state index contributed by atoms with van der Waals surface area (Å²) in [5, 5.41) is 4.36. The number of anilines is 2. The number of hydrogen-bond acceptors (Lipinski definition) is 6. The lowest BCUT2D eigenvalue weighted by Gasteiger charge is -2.42. The van der Waals surface area contributed by atoms with Gasteiger partial charge in [-0.3, -0.25) is 14.7 Å². The van der Waals surface area contributed by atoms with E-state index in [4.69, 9.17) is 0 Å². The second-order valence-corrected chi connectivity index (χ2v) is 11.2. The summed E-state index contributed by atoms with van der Waals surface area (Å²) in [6.07, 6.45) is 5.61. The number of rotatable bonds is 5. The Hall–Kier alpha value is -3.88. The van der Waals surface area contributed by atoms with Crippen LogP contribution in [-0.4, -0.2) is 57.9 Å². The van der Waals surface area contributed by atoms with E-state index >= 15 is 4.39 Å². The van der Waals surface area contributed by atoms with Crippen LogP contribution in [0.1, 0.15) is 29.6 Å². The molecule has 5 aromatic rings. The minimum absolute atomic E-state index is 0.0972. The van der Waals surface area contributed by atoms with Crippen LogP contribution in [0.5, 0.6) is 0 Å². The average molecular weight is 538 g/mol. The number of carbonyl (C=O) groups is 1. The SMILES string of the molecule is O=C(c1ccc(-c2ccc3nccc(Nc4ccc5scnc5c4)c3c2)c(F)c1)N1CCN(C2CCC2)CC1. The van der Waals surface area contributed by atoms with Crippen LogP contribution in [0.3, 0.4) is 0 Å². The lowest BCUT2D eigenvalue weighted by atomic mass is 9.91. The molecule has 1 saturated heterocycles. The van der Waals surface area contributed by atoms with E-state index in [-0.39, 0.29) is 5.91 Å².